The van der Waals surface area contributed by atoms with Crippen molar-refractivity contribution in [3.8, 4) is 0 Å². The van der Waals surface area contributed by atoms with E-state index in [1.165, 1.54) is 6.33 Å². The molecule has 0 saturated heterocycles. The molecule has 2 aromatic rings. The maximum Gasteiger partial charge on any atom is 0.348 e. The highest BCUT2D eigenvalue weighted by Gasteiger charge is 2.21. The third kappa shape index (κ3) is 5.16. The van der Waals surface area contributed by atoms with Crippen molar-refractivity contribution in [1.29, 1.82) is 0 Å². The fourth-order valence-corrected chi connectivity index (χ4v) is 3.54. The normalized spacial score (nSPS) is 10.9. The van der Waals surface area contributed by atoms with Crippen LogP contribution in [0.5, 0.6) is 0 Å². The molecule has 0 aliphatic rings. The Morgan fingerprint density at radius 2 is 2.04 bits per heavy atom. The van der Waals surface area contributed by atoms with E-state index in [-0.39, 0.29) is 18.5 Å². The third-order valence-electron chi connectivity index (χ3n) is 3.95. The summed E-state index contributed by atoms with van der Waals surface area (Å²) in [5, 5.41) is 5.04. The van der Waals surface area contributed by atoms with Gasteiger partial charge in [0.25, 0.3) is 5.56 Å². The van der Waals surface area contributed by atoms with Crippen molar-refractivity contribution in [2.75, 3.05) is 13.2 Å². The zero-order valence-electron chi connectivity index (χ0n) is 16.3. The van der Waals surface area contributed by atoms with E-state index in [0.717, 1.165) is 22.3 Å². The fourth-order valence-electron chi connectivity index (χ4n) is 2.50. The van der Waals surface area contributed by atoms with Gasteiger partial charge in [-0.2, -0.15) is 0 Å². The van der Waals surface area contributed by atoms with Crippen LogP contribution in [0.1, 0.15) is 42.4 Å². The van der Waals surface area contributed by atoms with Gasteiger partial charge in [0.1, 0.15) is 16.3 Å². The van der Waals surface area contributed by atoms with Gasteiger partial charge < -0.3 is 10.1 Å². The number of carbonyl (C=O) groups is 3. The first-order valence-corrected chi connectivity index (χ1v) is 9.79. The lowest BCUT2D eigenvalue weighted by atomic mass is 10.1. The molecule has 0 unspecified atom stereocenters. The number of aryl methyl sites for hydroxylation is 1. The Balaban J connectivity index is 2.13. The Morgan fingerprint density at radius 3 is 2.68 bits per heavy atom. The number of rotatable bonds is 7. The zero-order valence-corrected chi connectivity index (χ0v) is 17.1. The molecular weight excluding hydrogens is 384 g/mol. The van der Waals surface area contributed by atoms with Crippen LogP contribution in [-0.2, 0) is 16.1 Å². The number of nitrogens with zero attached hydrogens (tertiary/aromatic N) is 2. The van der Waals surface area contributed by atoms with E-state index in [1.54, 1.807) is 13.8 Å². The fraction of sp³-hybridized carbons (Fsp3) is 0.500. The number of urea groups is 1. The van der Waals surface area contributed by atoms with Crippen molar-refractivity contribution in [3.63, 3.8) is 0 Å². The largest absolute Gasteiger partial charge is 0.462 e. The third-order valence-corrected chi connectivity index (χ3v) is 5.13. The minimum absolute atomic E-state index is 0.226. The van der Waals surface area contributed by atoms with Crippen LogP contribution >= 0.6 is 11.3 Å². The number of imide groups is 1. The summed E-state index contributed by atoms with van der Waals surface area (Å²) in [5.74, 6) is -0.714. The van der Waals surface area contributed by atoms with E-state index in [1.807, 2.05) is 13.8 Å². The molecule has 3 amide bonds. The molecule has 0 aromatic carbocycles. The Bertz CT molecular complexity index is 947. The van der Waals surface area contributed by atoms with E-state index in [2.05, 4.69) is 15.6 Å². The molecule has 0 bridgehead atoms. The van der Waals surface area contributed by atoms with Gasteiger partial charge in [-0.3, -0.25) is 19.5 Å². The SMILES string of the molecule is CCOC(=O)c1sc2ncn(CC(=O)NC(=O)NCCC(C)C)c(=O)c2c1C. The lowest BCUT2D eigenvalue weighted by Crippen LogP contribution is -2.42. The quantitative estimate of drug-likeness (QED) is 0.675. The standard InChI is InChI=1S/C18H24N4O5S/c1-5-27-17(25)14-11(4)13-15(28-14)20-9-22(16(13)24)8-12(23)21-18(26)19-7-6-10(2)3/h9-10H,5-8H2,1-4H3,(H2,19,21,23,26). The lowest BCUT2D eigenvalue weighted by molar-refractivity contribution is -0.120. The number of ether oxygens (including phenoxy) is 1. The molecule has 0 atom stereocenters. The summed E-state index contributed by atoms with van der Waals surface area (Å²) in [5.41, 5.74) is 0.0156. The van der Waals surface area contributed by atoms with Gasteiger partial charge in [0.2, 0.25) is 5.91 Å². The van der Waals surface area contributed by atoms with E-state index >= 15 is 0 Å². The molecule has 0 aliphatic carbocycles. The Hall–Kier alpha value is -2.75. The minimum Gasteiger partial charge on any atom is -0.462 e. The number of fused-ring (bicyclic) bond motifs is 1. The van der Waals surface area contributed by atoms with Crippen LogP contribution in [0.4, 0.5) is 4.79 Å². The molecule has 0 aliphatic heterocycles. The van der Waals surface area contributed by atoms with E-state index in [0.29, 0.717) is 27.7 Å². The number of hydrogen-bond acceptors (Lipinski definition) is 7. The first-order valence-electron chi connectivity index (χ1n) is 8.97. The highest BCUT2D eigenvalue weighted by Crippen LogP contribution is 2.27. The summed E-state index contributed by atoms with van der Waals surface area (Å²) >= 11 is 1.07. The molecular formula is C18H24N4O5S. The van der Waals surface area contributed by atoms with Crippen LogP contribution < -0.4 is 16.2 Å². The van der Waals surface area contributed by atoms with Crippen molar-refractivity contribution in [1.82, 2.24) is 20.2 Å². The Kier molecular flexibility index (Phi) is 7.27. The Labute approximate surface area is 166 Å². The zero-order chi connectivity index (χ0) is 20.8. The van der Waals surface area contributed by atoms with E-state index in [4.69, 9.17) is 4.74 Å². The number of amides is 3. The predicted molar refractivity (Wildman–Crippen MR) is 106 cm³/mol. The smallest absolute Gasteiger partial charge is 0.348 e. The maximum absolute atomic E-state index is 12.7. The highest BCUT2D eigenvalue weighted by atomic mass is 32.1. The second-order valence-electron chi connectivity index (χ2n) is 6.62. The summed E-state index contributed by atoms with van der Waals surface area (Å²) in [6.45, 7) is 7.71. The van der Waals surface area contributed by atoms with Crippen molar-refractivity contribution in [3.05, 3.63) is 27.1 Å². The molecule has 10 heteroatoms. The summed E-state index contributed by atoms with van der Waals surface area (Å²) in [4.78, 5) is 53.4. The monoisotopic (exact) mass is 408 g/mol. The van der Waals surface area contributed by atoms with Gasteiger partial charge in [-0.25, -0.2) is 14.6 Å². The van der Waals surface area contributed by atoms with Crippen molar-refractivity contribution < 1.29 is 19.1 Å². The van der Waals surface area contributed by atoms with Crippen LogP contribution in [0.25, 0.3) is 10.2 Å². The van der Waals surface area contributed by atoms with Crippen LogP contribution in [0, 0.1) is 12.8 Å². The number of nitrogens with one attached hydrogen (secondary N) is 2. The molecule has 2 heterocycles. The van der Waals surface area contributed by atoms with Crippen LogP contribution in [0.15, 0.2) is 11.1 Å². The second kappa shape index (κ2) is 9.45. The molecule has 28 heavy (non-hydrogen) atoms. The van der Waals surface area contributed by atoms with E-state index in [9.17, 15) is 19.2 Å². The molecule has 2 rings (SSSR count). The molecule has 9 nitrogen and oxygen atoms in total. The van der Waals surface area contributed by atoms with Gasteiger partial charge in [0, 0.05) is 6.54 Å². The van der Waals surface area contributed by atoms with Crippen LogP contribution in [0.3, 0.4) is 0 Å². The molecule has 2 N–H and O–H groups in total. The van der Waals surface area contributed by atoms with Gasteiger partial charge >= 0.3 is 12.0 Å². The highest BCUT2D eigenvalue weighted by molar-refractivity contribution is 7.20. The number of thiophene rings is 1. The summed E-state index contributed by atoms with van der Waals surface area (Å²) in [6, 6.07) is -0.607. The molecule has 0 fully saturated rings. The summed E-state index contributed by atoms with van der Waals surface area (Å²) < 4.78 is 6.09. The van der Waals surface area contributed by atoms with Crippen molar-refractivity contribution in [2.24, 2.45) is 5.92 Å². The number of esters is 1. The molecule has 0 spiro atoms. The first-order chi connectivity index (χ1) is 13.2. The van der Waals surface area contributed by atoms with Gasteiger partial charge in [-0.05, 0) is 31.7 Å². The topological polar surface area (TPSA) is 119 Å². The van der Waals surface area contributed by atoms with Crippen LogP contribution in [0.2, 0.25) is 0 Å². The van der Waals surface area contributed by atoms with Crippen molar-refractivity contribution >= 4 is 39.5 Å². The van der Waals surface area contributed by atoms with Gasteiger partial charge in [0.15, 0.2) is 0 Å². The van der Waals surface area contributed by atoms with Gasteiger partial charge in [-0.1, -0.05) is 13.8 Å². The minimum atomic E-state index is -0.635. The van der Waals surface area contributed by atoms with Crippen molar-refractivity contribution in [2.45, 2.75) is 40.7 Å². The molecule has 152 valence electrons. The molecule has 2 aromatic heterocycles. The number of carbonyl (C=O) groups excluding carboxylic acids is 3. The lowest BCUT2D eigenvalue weighted by Gasteiger charge is -2.09. The average molecular weight is 408 g/mol. The molecule has 0 saturated carbocycles. The first kappa shape index (κ1) is 21.5. The summed E-state index contributed by atoms with van der Waals surface area (Å²) in [6.07, 6.45) is 2.02. The van der Waals surface area contributed by atoms with Crippen LogP contribution in [-0.4, -0.2) is 40.6 Å². The molecule has 0 radical (unpaired) electrons. The Morgan fingerprint density at radius 1 is 1.32 bits per heavy atom. The second-order valence-corrected chi connectivity index (χ2v) is 7.62. The average Bonchev–Trinajstić information content (AvgIpc) is 2.94. The number of hydrogen-bond donors (Lipinski definition) is 2. The number of aromatic nitrogens is 2. The predicted octanol–water partition coefficient (Wildman–Crippen LogP) is 1.82. The van der Waals surface area contributed by atoms with Gasteiger partial charge in [0.05, 0.1) is 18.3 Å². The van der Waals surface area contributed by atoms with E-state index < -0.39 is 23.5 Å². The maximum atomic E-state index is 12.7. The summed E-state index contributed by atoms with van der Waals surface area (Å²) in [7, 11) is 0. The van der Waals surface area contributed by atoms with Gasteiger partial charge in [-0.15, -0.1) is 11.3 Å².